The van der Waals surface area contributed by atoms with Gasteiger partial charge in [0, 0.05) is 0 Å². The molecule has 0 saturated carbocycles. The van der Waals surface area contributed by atoms with Crippen molar-refractivity contribution < 1.29 is 66.2 Å². The van der Waals surface area contributed by atoms with Gasteiger partial charge in [-0.2, -0.15) is 61.5 Å². The Balaban J connectivity index is 5.36. The largest absolute Gasteiger partial charge is 0.462 e. The van der Waals surface area contributed by atoms with E-state index < -0.39 is 48.6 Å². The zero-order chi connectivity index (χ0) is 19.1. The Labute approximate surface area is 116 Å². The first kappa shape index (κ1) is 21.6. The third-order valence-corrected chi connectivity index (χ3v) is 2.00. The number of ether oxygens (including phenoxy) is 1. The van der Waals surface area contributed by atoms with Gasteiger partial charge in [0.1, 0.15) is 0 Å². The van der Waals surface area contributed by atoms with E-state index in [9.17, 15) is 61.5 Å². The molecule has 0 radical (unpaired) electrons. The van der Waals surface area contributed by atoms with E-state index in [-0.39, 0.29) is 0 Å². The Morgan fingerprint density at radius 1 is 0.652 bits per heavy atom. The fraction of sp³-hybridized carbons (Fsp3) is 0.750. The van der Waals surface area contributed by atoms with Gasteiger partial charge >= 0.3 is 36.1 Å². The van der Waals surface area contributed by atoms with Crippen LogP contribution in [0, 0.1) is 0 Å². The van der Waals surface area contributed by atoms with E-state index >= 15 is 0 Å². The van der Waals surface area contributed by atoms with Crippen LogP contribution in [-0.2, 0) is 4.74 Å². The maximum absolute atomic E-state index is 12.5. The van der Waals surface area contributed by atoms with Crippen LogP contribution in [0.15, 0.2) is 11.8 Å². The van der Waals surface area contributed by atoms with E-state index in [1.54, 1.807) is 0 Å². The van der Waals surface area contributed by atoms with Crippen LogP contribution in [-0.4, -0.2) is 36.7 Å². The first-order chi connectivity index (χ1) is 9.79. The van der Waals surface area contributed by atoms with Crippen molar-refractivity contribution in [2.75, 3.05) is 6.61 Å². The molecule has 0 heterocycles. The Hall–Kier alpha value is -1.44. The topological polar surface area (TPSA) is 9.23 Å². The Bertz CT molecular complexity index is 454. The van der Waals surface area contributed by atoms with Crippen LogP contribution in [0.1, 0.15) is 0 Å². The molecule has 15 heteroatoms. The first-order valence-electron chi connectivity index (χ1n) is 4.74. The van der Waals surface area contributed by atoms with Crippen LogP contribution in [0.25, 0.3) is 0 Å². The van der Waals surface area contributed by atoms with E-state index in [0.717, 1.165) is 0 Å². The zero-order valence-electron chi connectivity index (χ0n) is 9.91. The highest BCUT2D eigenvalue weighted by Crippen LogP contribution is 2.47. The Morgan fingerprint density at radius 2 is 1.04 bits per heavy atom. The molecule has 0 aromatic rings. The zero-order valence-corrected chi connectivity index (χ0v) is 9.91. The highest BCUT2D eigenvalue weighted by Gasteiger charge is 2.73. The van der Waals surface area contributed by atoms with Gasteiger partial charge in [-0.25, -0.2) is 0 Å². The summed E-state index contributed by atoms with van der Waals surface area (Å²) < 4.78 is 171. The summed E-state index contributed by atoms with van der Waals surface area (Å²) in [6, 6.07) is -3.73. The fourth-order valence-corrected chi connectivity index (χ4v) is 0.763. The van der Waals surface area contributed by atoms with Crippen molar-refractivity contribution in [2.24, 2.45) is 0 Å². The molecule has 0 N–H and O–H groups in total. The van der Waals surface area contributed by atoms with Crippen LogP contribution < -0.4 is 0 Å². The van der Waals surface area contributed by atoms with Crippen molar-refractivity contribution in [2.45, 2.75) is 30.1 Å². The minimum Gasteiger partial charge on any atom is -0.462 e. The molecule has 0 saturated heterocycles. The molecule has 0 atom stereocenters. The first-order valence-corrected chi connectivity index (χ1v) is 4.74. The molecule has 0 bridgehead atoms. The third-order valence-electron chi connectivity index (χ3n) is 2.00. The SMILES string of the molecule is FC(OCC(F)(F)C(F)(F)C(F)(F)F)=C(F)C(F)(F)C(F)(F)F. The predicted octanol–water partition coefficient (Wildman–Crippen LogP) is 5.14. The molecule has 0 aliphatic heterocycles. The number of halogens is 14. The lowest BCUT2D eigenvalue weighted by molar-refractivity contribution is -0.360. The van der Waals surface area contributed by atoms with Gasteiger partial charge in [-0.15, -0.1) is 0 Å². The van der Waals surface area contributed by atoms with E-state index in [1.807, 2.05) is 0 Å². The number of allylic oxidation sites excluding steroid dienone is 1. The van der Waals surface area contributed by atoms with Gasteiger partial charge in [0.15, 0.2) is 6.61 Å². The van der Waals surface area contributed by atoms with E-state index in [2.05, 4.69) is 4.74 Å². The van der Waals surface area contributed by atoms with E-state index in [1.165, 1.54) is 0 Å². The standard InChI is InChI=1S/C8H2F14O/c9-2(5(13,14)7(17,18)19)3(10)23-1-4(11,12)6(15,16)8(20,21)22/h1H2. The molecule has 0 fully saturated rings. The molecule has 0 amide bonds. The summed E-state index contributed by atoms with van der Waals surface area (Å²) in [4.78, 5) is 0. The molecule has 0 rings (SSSR count). The molecule has 0 unspecified atom stereocenters. The molecule has 0 aromatic carbocycles. The summed E-state index contributed by atoms with van der Waals surface area (Å²) in [6.07, 6.45) is -13.6. The minimum atomic E-state index is -6.89. The maximum Gasteiger partial charge on any atom is 0.460 e. The molecule has 0 aromatic heterocycles. The lowest BCUT2D eigenvalue weighted by atomic mass is 10.2. The quantitative estimate of drug-likeness (QED) is 0.474. The van der Waals surface area contributed by atoms with Crippen LogP contribution >= 0.6 is 0 Å². The summed E-state index contributed by atoms with van der Waals surface area (Å²) in [5.41, 5.74) is 0. The third kappa shape index (κ3) is 4.10. The summed E-state index contributed by atoms with van der Waals surface area (Å²) in [6.45, 7) is -3.37. The molecule has 23 heavy (non-hydrogen) atoms. The van der Waals surface area contributed by atoms with Crippen LogP contribution in [0.3, 0.4) is 0 Å². The number of hydrogen-bond acceptors (Lipinski definition) is 1. The lowest BCUT2D eigenvalue weighted by Crippen LogP contribution is -2.54. The van der Waals surface area contributed by atoms with Crippen molar-refractivity contribution in [1.82, 2.24) is 0 Å². The predicted molar refractivity (Wildman–Crippen MR) is 42.1 cm³/mol. The van der Waals surface area contributed by atoms with Crippen LogP contribution in [0.2, 0.25) is 0 Å². The summed E-state index contributed by atoms with van der Waals surface area (Å²) >= 11 is 0. The number of rotatable bonds is 5. The second-order valence-corrected chi connectivity index (χ2v) is 3.73. The van der Waals surface area contributed by atoms with Crippen LogP contribution in [0.5, 0.6) is 0 Å². The van der Waals surface area contributed by atoms with Gasteiger partial charge in [-0.05, 0) is 0 Å². The Morgan fingerprint density at radius 3 is 1.35 bits per heavy atom. The monoisotopic (exact) mass is 380 g/mol. The summed E-state index contributed by atoms with van der Waals surface area (Å²) in [5.74, 6) is -23.9. The second kappa shape index (κ2) is 5.89. The van der Waals surface area contributed by atoms with Gasteiger partial charge < -0.3 is 4.74 Å². The van der Waals surface area contributed by atoms with Crippen molar-refractivity contribution in [3.8, 4) is 0 Å². The van der Waals surface area contributed by atoms with Crippen molar-refractivity contribution >= 4 is 0 Å². The van der Waals surface area contributed by atoms with Gasteiger partial charge in [-0.1, -0.05) is 0 Å². The minimum absolute atomic E-state index is 2.56. The van der Waals surface area contributed by atoms with Crippen molar-refractivity contribution in [3.05, 3.63) is 11.8 Å². The molecular weight excluding hydrogens is 378 g/mol. The van der Waals surface area contributed by atoms with E-state index in [4.69, 9.17) is 0 Å². The maximum atomic E-state index is 12.5. The highest BCUT2D eigenvalue weighted by molar-refractivity contribution is 5.09. The van der Waals surface area contributed by atoms with Crippen LogP contribution in [0.4, 0.5) is 61.5 Å². The molecular formula is C8H2F14O. The normalized spacial score (nSPS) is 16.3. The lowest BCUT2D eigenvalue weighted by Gasteiger charge is -2.27. The second-order valence-electron chi connectivity index (χ2n) is 3.73. The van der Waals surface area contributed by atoms with Gasteiger partial charge in [0.25, 0.3) is 5.83 Å². The van der Waals surface area contributed by atoms with Gasteiger partial charge in [-0.3, -0.25) is 0 Å². The average molecular weight is 380 g/mol. The van der Waals surface area contributed by atoms with Gasteiger partial charge in [0.2, 0.25) is 0 Å². The molecule has 0 spiro atoms. The van der Waals surface area contributed by atoms with Gasteiger partial charge in [0.05, 0.1) is 0 Å². The molecule has 0 aliphatic rings. The number of alkyl halides is 12. The van der Waals surface area contributed by atoms with Crippen molar-refractivity contribution in [3.63, 3.8) is 0 Å². The summed E-state index contributed by atoms with van der Waals surface area (Å²) in [5, 5.41) is 0. The average Bonchev–Trinajstić information content (AvgIpc) is 2.31. The van der Waals surface area contributed by atoms with Crippen molar-refractivity contribution in [1.29, 1.82) is 0 Å². The smallest absolute Gasteiger partial charge is 0.460 e. The molecule has 1 nitrogen and oxygen atoms in total. The molecule has 138 valence electrons. The summed E-state index contributed by atoms with van der Waals surface area (Å²) in [7, 11) is 0. The highest BCUT2D eigenvalue weighted by atomic mass is 19.4. The number of hydrogen-bond donors (Lipinski definition) is 0. The van der Waals surface area contributed by atoms with E-state index in [0.29, 0.717) is 0 Å². The molecule has 0 aliphatic carbocycles. The fourth-order valence-electron chi connectivity index (χ4n) is 0.763. The Kier molecular flexibility index (Phi) is 5.52.